The molecule has 5 fully saturated rings. The Bertz CT molecular complexity index is 432. The predicted octanol–water partition coefficient (Wildman–Crippen LogP) is 5.23. The van der Waals surface area contributed by atoms with E-state index in [0.29, 0.717) is 27.3 Å². The third-order valence-electron chi connectivity index (χ3n) is 6.83. The summed E-state index contributed by atoms with van der Waals surface area (Å²) < 4.78 is 0. The average Bonchev–Trinajstić information content (AvgIpc) is 2.34. The first-order chi connectivity index (χ1) is 9.90. The maximum absolute atomic E-state index is 12.9. The van der Waals surface area contributed by atoms with Crippen LogP contribution in [0.25, 0.3) is 0 Å². The minimum Gasteiger partial charge on any atom is -0.298 e. The Hall–Kier alpha value is 0.0200. The summed E-state index contributed by atoms with van der Waals surface area (Å²) in [5.74, 6) is 2.73. The van der Waals surface area contributed by atoms with Crippen molar-refractivity contribution in [2.75, 3.05) is 5.75 Å². The average molecular weight is 307 g/mol. The normalized spacial score (nSPS) is 52.1. The maximum Gasteiger partial charge on any atom is 0.146 e. The number of carbonyl (C=O) groups excluding carboxylic acids is 1. The first-order valence-corrected chi connectivity index (χ1v) is 10.1. The van der Waals surface area contributed by atoms with Gasteiger partial charge in [-0.15, -0.1) is 0 Å². The van der Waals surface area contributed by atoms with Gasteiger partial charge in [0.25, 0.3) is 0 Å². The minimum atomic E-state index is 0.340. The fourth-order valence-corrected chi connectivity index (χ4v) is 8.62. The number of Topliss-reactive ketones (excluding diaryl/α,β-unsaturated/α-hetero) is 1. The highest BCUT2D eigenvalue weighted by Gasteiger charge is 2.60. The van der Waals surface area contributed by atoms with Crippen molar-refractivity contribution in [3.63, 3.8) is 0 Å². The second kappa shape index (κ2) is 4.76. The zero-order chi connectivity index (χ0) is 14.7. The molecule has 0 radical (unpaired) electrons. The van der Waals surface area contributed by atoms with E-state index in [4.69, 9.17) is 0 Å². The van der Waals surface area contributed by atoms with Gasteiger partial charge < -0.3 is 0 Å². The molecule has 4 aliphatic carbocycles. The lowest BCUT2D eigenvalue weighted by Gasteiger charge is -2.65. The molecule has 21 heavy (non-hydrogen) atoms. The number of hydrogen-bond acceptors (Lipinski definition) is 2. The summed E-state index contributed by atoms with van der Waals surface area (Å²) in [6.07, 6.45) is 13.0. The van der Waals surface area contributed by atoms with Crippen LogP contribution in [0.15, 0.2) is 0 Å². The molecule has 0 amide bonds. The number of thioether (sulfide) groups is 1. The van der Waals surface area contributed by atoms with Crippen molar-refractivity contribution in [2.45, 2.75) is 83.3 Å². The Morgan fingerprint density at radius 2 is 1.76 bits per heavy atom. The Kier molecular flexibility index (Phi) is 3.31. The van der Waals surface area contributed by atoms with Gasteiger partial charge in [0.15, 0.2) is 0 Å². The van der Waals surface area contributed by atoms with Gasteiger partial charge in [0.1, 0.15) is 5.78 Å². The van der Waals surface area contributed by atoms with Crippen molar-refractivity contribution in [3.05, 3.63) is 0 Å². The topological polar surface area (TPSA) is 17.1 Å². The van der Waals surface area contributed by atoms with Crippen LogP contribution in [-0.2, 0) is 4.79 Å². The van der Waals surface area contributed by atoms with Crippen LogP contribution in [0.5, 0.6) is 0 Å². The van der Waals surface area contributed by atoms with E-state index in [1.165, 1.54) is 57.1 Å². The van der Waals surface area contributed by atoms with Crippen LogP contribution in [0.3, 0.4) is 0 Å². The Morgan fingerprint density at radius 3 is 2.33 bits per heavy atom. The van der Waals surface area contributed by atoms with Gasteiger partial charge in [0.2, 0.25) is 0 Å². The van der Waals surface area contributed by atoms with Gasteiger partial charge in [-0.3, -0.25) is 4.79 Å². The number of ketones is 1. The summed E-state index contributed by atoms with van der Waals surface area (Å²) >= 11 is 1.95. The van der Waals surface area contributed by atoms with Gasteiger partial charge in [-0.05, 0) is 79.3 Å². The van der Waals surface area contributed by atoms with E-state index in [1.54, 1.807) is 0 Å². The molecular formula is C19H30OS. The molecule has 5 aliphatic rings. The molecule has 0 aromatic carbocycles. The summed E-state index contributed by atoms with van der Waals surface area (Å²) in [5.41, 5.74) is 1.49. The van der Waals surface area contributed by atoms with Gasteiger partial charge >= 0.3 is 0 Å². The fraction of sp³-hybridized carbons (Fsp3) is 0.947. The van der Waals surface area contributed by atoms with Crippen molar-refractivity contribution < 1.29 is 4.79 Å². The summed E-state index contributed by atoms with van der Waals surface area (Å²) in [5, 5.41) is 0.340. The van der Waals surface area contributed by atoms with E-state index in [-0.39, 0.29) is 0 Å². The van der Waals surface area contributed by atoms with Crippen LogP contribution >= 0.6 is 11.8 Å². The molecule has 0 aromatic heterocycles. The van der Waals surface area contributed by atoms with Crippen LogP contribution in [-0.4, -0.2) is 16.8 Å². The maximum atomic E-state index is 12.9. The van der Waals surface area contributed by atoms with E-state index >= 15 is 0 Å². The van der Waals surface area contributed by atoms with E-state index in [9.17, 15) is 4.79 Å². The molecule has 1 nitrogen and oxygen atoms in total. The molecule has 118 valence electrons. The molecule has 3 unspecified atom stereocenters. The SMILES string of the molecule is CC12CC3CC(C)(C1)CC(CC(=O)C1CCCCS1)(C3)C2. The molecule has 2 heteroatoms. The highest BCUT2D eigenvalue weighted by Crippen LogP contribution is 2.70. The summed E-state index contributed by atoms with van der Waals surface area (Å²) in [6.45, 7) is 5.04. The highest BCUT2D eigenvalue weighted by molar-refractivity contribution is 8.00. The summed E-state index contributed by atoms with van der Waals surface area (Å²) in [6, 6.07) is 0. The number of rotatable bonds is 3. The molecule has 1 saturated heterocycles. The third-order valence-corrected chi connectivity index (χ3v) is 8.26. The summed E-state index contributed by atoms with van der Waals surface area (Å²) in [4.78, 5) is 12.9. The molecule has 0 spiro atoms. The minimum absolute atomic E-state index is 0.340. The molecule has 4 saturated carbocycles. The van der Waals surface area contributed by atoms with Crippen LogP contribution in [0, 0.1) is 22.2 Å². The predicted molar refractivity (Wildman–Crippen MR) is 89.6 cm³/mol. The Labute approximate surface area is 134 Å². The van der Waals surface area contributed by atoms with Crippen LogP contribution < -0.4 is 0 Å². The standard InChI is InChI=1S/C19H30OS/c1-17-7-14-8-18(2,11-17)13-19(9-14,12-17)10-15(20)16-5-3-4-6-21-16/h14,16H,3-13H2,1-2H3. The molecule has 1 aliphatic heterocycles. The molecule has 5 rings (SSSR count). The lowest BCUT2D eigenvalue weighted by Crippen LogP contribution is -2.55. The molecule has 0 N–H and O–H groups in total. The van der Waals surface area contributed by atoms with Crippen molar-refractivity contribution in [3.8, 4) is 0 Å². The summed E-state index contributed by atoms with van der Waals surface area (Å²) in [7, 11) is 0. The number of hydrogen-bond donors (Lipinski definition) is 0. The van der Waals surface area contributed by atoms with E-state index < -0.39 is 0 Å². The van der Waals surface area contributed by atoms with E-state index in [2.05, 4.69) is 13.8 Å². The van der Waals surface area contributed by atoms with E-state index in [0.717, 1.165) is 18.8 Å². The lowest BCUT2D eigenvalue weighted by atomic mass is 9.39. The monoisotopic (exact) mass is 306 g/mol. The zero-order valence-corrected chi connectivity index (χ0v) is 14.6. The van der Waals surface area contributed by atoms with Gasteiger partial charge in [-0.1, -0.05) is 20.3 Å². The molecule has 0 aromatic rings. The van der Waals surface area contributed by atoms with Gasteiger partial charge in [0, 0.05) is 6.42 Å². The van der Waals surface area contributed by atoms with Crippen molar-refractivity contribution in [1.29, 1.82) is 0 Å². The van der Waals surface area contributed by atoms with Crippen molar-refractivity contribution in [1.82, 2.24) is 0 Å². The van der Waals surface area contributed by atoms with Crippen LogP contribution in [0.4, 0.5) is 0 Å². The van der Waals surface area contributed by atoms with Gasteiger partial charge in [-0.2, -0.15) is 11.8 Å². The largest absolute Gasteiger partial charge is 0.298 e. The molecule has 3 atom stereocenters. The number of carbonyl (C=O) groups is 1. The lowest BCUT2D eigenvalue weighted by molar-refractivity contribution is -0.154. The van der Waals surface area contributed by atoms with E-state index in [1.807, 2.05) is 11.8 Å². The van der Waals surface area contributed by atoms with Gasteiger partial charge in [-0.25, -0.2) is 0 Å². The second-order valence-electron chi connectivity index (χ2n) is 9.63. The van der Waals surface area contributed by atoms with Crippen molar-refractivity contribution >= 4 is 17.5 Å². The van der Waals surface area contributed by atoms with Gasteiger partial charge in [0.05, 0.1) is 5.25 Å². The zero-order valence-electron chi connectivity index (χ0n) is 13.7. The van der Waals surface area contributed by atoms with Crippen LogP contribution in [0.2, 0.25) is 0 Å². The third kappa shape index (κ3) is 2.60. The van der Waals surface area contributed by atoms with Crippen molar-refractivity contribution in [2.24, 2.45) is 22.2 Å². The molecule has 4 bridgehead atoms. The molecule has 1 heterocycles. The Balaban J connectivity index is 1.52. The quantitative estimate of drug-likeness (QED) is 0.710. The molecular weight excluding hydrogens is 276 g/mol. The second-order valence-corrected chi connectivity index (χ2v) is 10.9. The Morgan fingerprint density at radius 1 is 1.05 bits per heavy atom. The smallest absolute Gasteiger partial charge is 0.146 e. The first kappa shape index (κ1) is 14.6. The first-order valence-electron chi connectivity index (χ1n) is 9.04. The van der Waals surface area contributed by atoms with Crippen LogP contribution in [0.1, 0.15) is 78.1 Å². The highest BCUT2D eigenvalue weighted by atomic mass is 32.2. The fourth-order valence-electron chi connectivity index (χ4n) is 7.36.